The Hall–Kier alpha value is -1.46. The summed E-state index contributed by atoms with van der Waals surface area (Å²) < 4.78 is 1.94. The number of hydrogen-bond acceptors (Lipinski definition) is 3. The van der Waals surface area contributed by atoms with Crippen LogP contribution in [0.25, 0.3) is 0 Å². The molecule has 0 aliphatic rings. The van der Waals surface area contributed by atoms with Crippen molar-refractivity contribution in [3.63, 3.8) is 0 Å². The Kier molecular flexibility index (Phi) is 4.50. The number of halogens is 1. The molecule has 0 bridgehead atoms. The van der Waals surface area contributed by atoms with Crippen LogP contribution in [-0.2, 0) is 4.79 Å². The molecule has 4 nitrogen and oxygen atoms in total. The summed E-state index contributed by atoms with van der Waals surface area (Å²) in [6, 6.07) is 7.67. The van der Waals surface area contributed by atoms with Gasteiger partial charge in [-0.25, -0.2) is 4.98 Å². The van der Waals surface area contributed by atoms with Crippen LogP contribution >= 0.6 is 23.4 Å². The SMILES string of the molecule is CC(c1cccc(Cl)c1)n1ccnc1SCC(=O)O. The fourth-order valence-electron chi connectivity index (χ4n) is 1.76. The van der Waals surface area contributed by atoms with E-state index >= 15 is 0 Å². The van der Waals surface area contributed by atoms with Crippen molar-refractivity contribution in [3.05, 3.63) is 47.2 Å². The van der Waals surface area contributed by atoms with Crippen LogP contribution in [0.15, 0.2) is 41.8 Å². The van der Waals surface area contributed by atoms with Gasteiger partial charge in [-0.2, -0.15) is 0 Å². The minimum absolute atomic E-state index is 0.000715. The van der Waals surface area contributed by atoms with E-state index in [2.05, 4.69) is 4.98 Å². The zero-order valence-electron chi connectivity index (χ0n) is 10.3. The molecule has 1 atom stereocenters. The topological polar surface area (TPSA) is 55.1 Å². The molecule has 1 N–H and O–H groups in total. The van der Waals surface area contributed by atoms with Crippen LogP contribution in [0.1, 0.15) is 18.5 Å². The number of imidazole rings is 1. The van der Waals surface area contributed by atoms with Crippen molar-refractivity contribution in [1.82, 2.24) is 9.55 Å². The molecule has 0 saturated heterocycles. The van der Waals surface area contributed by atoms with Crippen LogP contribution in [-0.4, -0.2) is 26.4 Å². The second-order valence-corrected chi connectivity index (χ2v) is 5.41. The normalized spacial score (nSPS) is 12.3. The third kappa shape index (κ3) is 3.52. The van der Waals surface area contributed by atoms with Gasteiger partial charge in [0.15, 0.2) is 5.16 Å². The van der Waals surface area contributed by atoms with Crippen LogP contribution in [0.3, 0.4) is 0 Å². The minimum Gasteiger partial charge on any atom is -0.481 e. The molecule has 1 aromatic heterocycles. The Balaban J connectivity index is 2.22. The van der Waals surface area contributed by atoms with E-state index in [0.717, 1.165) is 5.56 Å². The van der Waals surface area contributed by atoms with Crippen LogP contribution in [0.4, 0.5) is 0 Å². The van der Waals surface area contributed by atoms with Gasteiger partial charge < -0.3 is 9.67 Å². The van der Waals surface area contributed by atoms with Crippen LogP contribution in [0, 0.1) is 0 Å². The zero-order chi connectivity index (χ0) is 13.8. The number of aromatic nitrogens is 2. The lowest BCUT2D eigenvalue weighted by Crippen LogP contribution is -2.08. The van der Waals surface area contributed by atoms with E-state index in [0.29, 0.717) is 10.2 Å². The smallest absolute Gasteiger partial charge is 0.313 e. The number of nitrogens with zero attached hydrogens (tertiary/aromatic N) is 2. The van der Waals surface area contributed by atoms with Gasteiger partial charge in [-0.05, 0) is 24.6 Å². The molecule has 1 heterocycles. The zero-order valence-corrected chi connectivity index (χ0v) is 11.9. The van der Waals surface area contributed by atoms with E-state index in [-0.39, 0.29) is 11.8 Å². The Morgan fingerprint density at radius 1 is 1.58 bits per heavy atom. The lowest BCUT2D eigenvalue weighted by atomic mass is 10.1. The first-order valence-electron chi connectivity index (χ1n) is 5.71. The van der Waals surface area contributed by atoms with Crippen molar-refractivity contribution in [2.75, 3.05) is 5.75 Å². The molecule has 0 radical (unpaired) electrons. The standard InChI is InChI=1S/C13H13ClN2O2S/c1-9(10-3-2-4-11(14)7-10)16-6-5-15-13(16)19-8-12(17)18/h2-7,9H,8H2,1H3,(H,17,18). The van der Waals surface area contributed by atoms with Crippen LogP contribution in [0.5, 0.6) is 0 Å². The lowest BCUT2D eigenvalue weighted by Gasteiger charge is -2.16. The molecule has 0 aliphatic heterocycles. The second kappa shape index (κ2) is 6.12. The van der Waals surface area contributed by atoms with Crippen molar-refractivity contribution in [1.29, 1.82) is 0 Å². The van der Waals surface area contributed by atoms with E-state index in [9.17, 15) is 4.79 Å². The summed E-state index contributed by atoms with van der Waals surface area (Å²) in [5, 5.41) is 10.1. The fourth-order valence-corrected chi connectivity index (χ4v) is 2.71. The highest BCUT2D eigenvalue weighted by Gasteiger charge is 2.13. The van der Waals surface area contributed by atoms with Crippen molar-refractivity contribution in [2.24, 2.45) is 0 Å². The number of aliphatic carboxylic acids is 1. The van der Waals surface area contributed by atoms with Crippen molar-refractivity contribution in [2.45, 2.75) is 18.1 Å². The summed E-state index contributed by atoms with van der Waals surface area (Å²) >= 11 is 7.19. The molecule has 19 heavy (non-hydrogen) atoms. The largest absolute Gasteiger partial charge is 0.481 e. The molecule has 0 fully saturated rings. The summed E-state index contributed by atoms with van der Waals surface area (Å²) in [5.41, 5.74) is 1.06. The lowest BCUT2D eigenvalue weighted by molar-refractivity contribution is -0.133. The summed E-state index contributed by atoms with van der Waals surface area (Å²) in [6.45, 7) is 2.03. The average molecular weight is 297 g/mol. The highest BCUT2D eigenvalue weighted by atomic mass is 35.5. The first-order chi connectivity index (χ1) is 9.08. The van der Waals surface area contributed by atoms with Crippen LogP contribution in [0.2, 0.25) is 5.02 Å². The maximum atomic E-state index is 10.6. The number of carbonyl (C=O) groups is 1. The van der Waals surface area contributed by atoms with Crippen molar-refractivity contribution >= 4 is 29.3 Å². The summed E-state index contributed by atoms with van der Waals surface area (Å²) in [7, 11) is 0. The predicted molar refractivity (Wildman–Crippen MR) is 75.9 cm³/mol. The molecule has 0 amide bonds. The first kappa shape index (κ1) is 14.0. The average Bonchev–Trinajstić information content (AvgIpc) is 2.83. The van der Waals surface area contributed by atoms with E-state index in [1.165, 1.54) is 11.8 Å². The van der Waals surface area contributed by atoms with Gasteiger partial charge in [0, 0.05) is 17.4 Å². The Labute approximate surface area is 120 Å². The molecule has 0 saturated carbocycles. The Morgan fingerprint density at radius 2 is 2.37 bits per heavy atom. The minimum atomic E-state index is -0.852. The van der Waals surface area contributed by atoms with E-state index in [1.54, 1.807) is 6.20 Å². The highest BCUT2D eigenvalue weighted by Crippen LogP contribution is 2.26. The van der Waals surface area contributed by atoms with Gasteiger partial charge in [-0.3, -0.25) is 4.79 Å². The Bertz CT molecular complexity index is 586. The summed E-state index contributed by atoms with van der Waals surface area (Å²) in [6.07, 6.45) is 3.51. The van der Waals surface area contributed by atoms with Crippen LogP contribution < -0.4 is 0 Å². The number of benzene rings is 1. The molecule has 1 unspecified atom stereocenters. The molecule has 100 valence electrons. The monoisotopic (exact) mass is 296 g/mol. The molecule has 0 spiro atoms. The molecular weight excluding hydrogens is 284 g/mol. The summed E-state index contributed by atoms with van der Waals surface area (Å²) in [5.74, 6) is -0.853. The number of hydrogen-bond donors (Lipinski definition) is 1. The summed E-state index contributed by atoms with van der Waals surface area (Å²) in [4.78, 5) is 14.8. The third-order valence-electron chi connectivity index (χ3n) is 2.71. The second-order valence-electron chi connectivity index (χ2n) is 4.03. The van der Waals surface area contributed by atoms with Gasteiger partial charge >= 0.3 is 5.97 Å². The molecule has 2 rings (SSSR count). The maximum absolute atomic E-state index is 10.6. The number of carboxylic acids is 1. The fraction of sp³-hybridized carbons (Fsp3) is 0.231. The van der Waals surface area contributed by atoms with Gasteiger partial charge in [0.05, 0.1) is 11.8 Å². The molecule has 1 aromatic carbocycles. The number of rotatable bonds is 5. The van der Waals surface area contributed by atoms with Gasteiger partial charge in [-0.1, -0.05) is 35.5 Å². The predicted octanol–water partition coefficient (Wildman–Crippen LogP) is 3.32. The van der Waals surface area contributed by atoms with E-state index in [4.69, 9.17) is 16.7 Å². The number of thioether (sulfide) groups is 1. The quantitative estimate of drug-likeness (QED) is 0.860. The van der Waals surface area contributed by atoms with Crippen molar-refractivity contribution in [3.8, 4) is 0 Å². The molecule has 2 aromatic rings. The first-order valence-corrected chi connectivity index (χ1v) is 7.07. The van der Waals surface area contributed by atoms with E-state index in [1.807, 2.05) is 42.0 Å². The van der Waals surface area contributed by atoms with Gasteiger partial charge in [-0.15, -0.1) is 0 Å². The molecule has 0 aliphatic carbocycles. The van der Waals surface area contributed by atoms with Gasteiger partial charge in [0.2, 0.25) is 0 Å². The molecular formula is C13H13ClN2O2S. The maximum Gasteiger partial charge on any atom is 0.313 e. The Morgan fingerprint density at radius 3 is 3.05 bits per heavy atom. The molecule has 6 heteroatoms. The third-order valence-corrected chi connectivity index (χ3v) is 3.91. The number of carboxylic acid groups (broad SMARTS) is 1. The van der Waals surface area contributed by atoms with Gasteiger partial charge in [0.25, 0.3) is 0 Å². The van der Waals surface area contributed by atoms with Gasteiger partial charge in [0.1, 0.15) is 0 Å². The van der Waals surface area contributed by atoms with Crippen molar-refractivity contribution < 1.29 is 9.90 Å². The highest BCUT2D eigenvalue weighted by molar-refractivity contribution is 7.99. The van der Waals surface area contributed by atoms with E-state index < -0.39 is 5.97 Å².